The smallest absolute Gasteiger partial charge is 0.295 e. The second-order valence-corrected chi connectivity index (χ2v) is 8.98. The third kappa shape index (κ3) is 5.61. The van der Waals surface area contributed by atoms with E-state index in [-0.39, 0.29) is 24.0 Å². The molecule has 1 unspecified atom stereocenters. The number of aliphatic hydroxyl groups excluding tert-OH is 1. The molecule has 0 saturated carbocycles. The summed E-state index contributed by atoms with van der Waals surface area (Å²) in [5.41, 5.74) is 1.90. The third-order valence-corrected chi connectivity index (χ3v) is 6.01. The number of Topliss-reactive ketones (excluding diaryl/α,β-unsaturated/α-hetero) is 1. The molecule has 1 amide bonds. The summed E-state index contributed by atoms with van der Waals surface area (Å²) in [6.07, 6.45) is -0.00428. The Morgan fingerprint density at radius 3 is 2.32 bits per heavy atom. The van der Waals surface area contributed by atoms with Crippen LogP contribution < -0.4 is 14.2 Å². The summed E-state index contributed by atoms with van der Waals surface area (Å²) in [7, 11) is 1.55. The van der Waals surface area contributed by atoms with E-state index in [9.17, 15) is 14.7 Å². The Kier molecular flexibility index (Phi) is 7.82. The molecule has 3 aromatic carbocycles. The Bertz CT molecular complexity index is 1310. The predicted molar refractivity (Wildman–Crippen MR) is 141 cm³/mol. The largest absolute Gasteiger partial charge is 0.507 e. The molecule has 7 nitrogen and oxygen atoms in total. The van der Waals surface area contributed by atoms with Gasteiger partial charge < -0.3 is 24.2 Å². The average molecular weight is 502 g/mol. The van der Waals surface area contributed by atoms with Crippen LogP contribution in [-0.4, -0.2) is 41.5 Å². The zero-order valence-electron chi connectivity index (χ0n) is 21.4. The van der Waals surface area contributed by atoms with Crippen LogP contribution >= 0.6 is 0 Å². The van der Waals surface area contributed by atoms with Crippen molar-refractivity contribution >= 4 is 17.4 Å². The number of ketones is 1. The predicted octanol–water partition coefficient (Wildman–Crippen LogP) is 5.50. The molecule has 192 valence electrons. The molecule has 1 aliphatic rings. The first-order chi connectivity index (χ1) is 17.8. The van der Waals surface area contributed by atoms with Crippen molar-refractivity contribution in [2.75, 3.05) is 13.7 Å². The van der Waals surface area contributed by atoms with Crippen molar-refractivity contribution < 1.29 is 28.9 Å². The number of hydrogen-bond donors (Lipinski definition) is 1. The van der Waals surface area contributed by atoms with Crippen LogP contribution in [0.2, 0.25) is 0 Å². The van der Waals surface area contributed by atoms with Gasteiger partial charge in [0.05, 0.1) is 31.4 Å². The molecule has 0 spiro atoms. The van der Waals surface area contributed by atoms with Crippen LogP contribution in [0.1, 0.15) is 43.5 Å². The Balaban J connectivity index is 1.80. The SMILES string of the molecule is CCOc1ccc(/C(O)=C2/C(=O)C(=O)N(Cc3cccc(OC(C)C)c3)C2c2cccc(OC)c2)cc1. The number of carbonyl (C=O) groups excluding carboxylic acids is 2. The van der Waals surface area contributed by atoms with Gasteiger partial charge in [0.25, 0.3) is 11.7 Å². The molecule has 1 fully saturated rings. The van der Waals surface area contributed by atoms with Crippen molar-refractivity contribution in [3.8, 4) is 17.2 Å². The van der Waals surface area contributed by atoms with Crippen molar-refractivity contribution in [1.29, 1.82) is 0 Å². The average Bonchev–Trinajstić information content (AvgIpc) is 3.13. The van der Waals surface area contributed by atoms with Gasteiger partial charge >= 0.3 is 0 Å². The van der Waals surface area contributed by atoms with Gasteiger partial charge in [0.2, 0.25) is 0 Å². The minimum atomic E-state index is -0.809. The summed E-state index contributed by atoms with van der Waals surface area (Å²) in [4.78, 5) is 28.2. The molecular weight excluding hydrogens is 470 g/mol. The van der Waals surface area contributed by atoms with Crippen molar-refractivity contribution in [3.63, 3.8) is 0 Å². The molecule has 0 bridgehead atoms. The van der Waals surface area contributed by atoms with Crippen molar-refractivity contribution in [2.24, 2.45) is 0 Å². The standard InChI is InChI=1S/C30H31NO6/c1-5-36-23-14-12-21(13-15-23)28(32)26-27(22-9-7-10-24(17-22)35-4)31(30(34)29(26)33)18-20-8-6-11-25(16-20)37-19(2)3/h6-17,19,27,32H,5,18H2,1-4H3/b28-26-. The van der Waals surface area contributed by atoms with Crippen LogP contribution in [0.15, 0.2) is 78.4 Å². The van der Waals surface area contributed by atoms with E-state index in [1.54, 1.807) is 49.6 Å². The van der Waals surface area contributed by atoms with E-state index in [0.29, 0.717) is 35.0 Å². The van der Waals surface area contributed by atoms with Gasteiger partial charge in [-0.25, -0.2) is 0 Å². The highest BCUT2D eigenvalue weighted by atomic mass is 16.5. The summed E-state index contributed by atoms with van der Waals surface area (Å²) >= 11 is 0. The molecule has 4 rings (SSSR count). The Morgan fingerprint density at radius 2 is 1.65 bits per heavy atom. The number of likely N-dealkylation sites (tertiary alicyclic amines) is 1. The molecule has 37 heavy (non-hydrogen) atoms. The monoisotopic (exact) mass is 501 g/mol. The Hall–Kier alpha value is -4.26. The maximum atomic E-state index is 13.4. The lowest BCUT2D eigenvalue weighted by Crippen LogP contribution is -2.29. The summed E-state index contributed by atoms with van der Waals surface area (Å²) < 4.78 is 16.7. The van der Waals surface area contributed by atoms with Crippen LogP contribution in [0, 0.1) is 0 Å². The van der Waals surface area contributed by atoms with E-state index < -0.39 is 17.7 Å². The molecular formula is C30H31NO6. The molecule has 0 radical (unpaired) electrons. The summed E-state index contributed by atoms with van der Waals surface area (Å²) in [5, 5.41) is 11.3. The Labute approximate surface area is 216 Å². The normalized spacial score (nSPS) is 16.8. The van der Waals surface area contributed by atoms with E-state index >= 15 is 0 Å². The third-order valence-electron chi connectivity index (χ3n) is 6.01. The lowest BCUT2D eigenvalue weighted by atomic mass is 9.95. The summed E-state index contributed by atoms with van der Waals surface area (Å²) in [6, 6.07) is 20.6. The highest BCUT2D eigenvalue weighted by Gasteiger charge is 2.46. The highest BCUT2D eigenvalue weighted by Crippen LogP contribution is 2.41. The van der Waals surface area contributed by atoms with Crippen LogP contribution in [0.3, 0.4) is 0 Å². The number of aliphatic hydroxyl groups is 1. The minimum absolute atomic E-state index is 0.00428. The lowest BCUT2D eigenvalue weighted by Gasteiger charge is -2.26. The van der Waals surface area contributed by atoms with Gasteiger partial charge in [-0.1, -0.05) is 24.3 Å². The fraction of sp³-hybridized carbons (Fsp3) is 0.267. The van der Waals surface area contributed by atoms with Crippen molar-refractivity contribution in [2.45, 2.75) is 39.5 Å². The molecule has 1 N–H and O–H groups in total. The molecule has 1 atom stereocenters. The first-order valence-corrected chi connectivity index (χ1v) is 12.2. The number of benzene rings is 3. The van der Waals surface area contributed by atoms with Crippen LogP contribution in [-0.2, 0) is 16.1 Å². The fourth-order valence-electron chi connectivity index (χ4n) is 4.42. The number of methoxy groups -OCH3 is 1. The van der Waals surface area contributed by atoms with Crippen LogP contribution in [0.25, 0.3) is 5.76 Å². The van der Waals surface area contributed by atoms with Gasteiger partial charge in [0, 0.05) is 12.1 Å². The number of rotatable bonds is 9. The van der Waals surface area contributed by atoms with E-state index in [1.807, 2.05) is 51.1 Å². The molecule has 3 aromatic rings. The summed E-state index contributed by atoms with van der Waals surface area (Å²) in [6.45, 7) is 6.43. The number of amides is 1. The van der Waals surface area contributed by atoms with Crippen LogP contribution in [0.4, 0.5) is 0 Å². The van der Waals surface area contributed by atoms with Gasteiger partial charge in [-0.2, -0.15) is 0 Å². The van der Waals surface area contributed by atoms with Gasteiger partial charge in [-0.15, -0.1) is 0 Å². The highest BCUT2D eigenvalue weighted by molar-refractivity contribution is 6.46. The number of nitrogens with zero attached hydrogens (tertiary/aromatic N) is 1. The van der Waals surface area contributed by atoms with E-state index in [4.69, 9.17) is 14.2 Å². The molecule has 0 aliphatic carbocycles. The van der Waals surface area contributed by atoms with Gasteiger partial charge in [-0.05, 0) is 80.4 Å². The number of carbonyl (C=O) groups is 2. The topological polar surface area (TPSA) is 85.3 Å². The van der Waals surface area contributed by atoms with E-state index in [1.165, 1.54) is 4.90 Å². The molecule has 1 saturated heterocycles. The maximum absolute atomic E-state index is 13.4. The molecule has 0 aromatic heterocycles. The maximum Gasteiger partial charge on any atom is 0.295 e. The zero-order valence-corrected chi connectivity index (χ0v) is 21.4. The van der Waals surface area contributed by atoms with Crippen LogP contribution in [0.5, 0.6) is 17.2 Å². The van der Waals surface area contributed by atoms with Crippen molar-refractivity contribution in [3.05, 3.63) is 95.1 Å². The first-order valence-electron chi connectivity index (χ1n) is 12.2. The first kappa shape index (κ1) is 25.8. The molecule has 1 aliphatic heterocycles. The van der Waals surface area contributed by atoms with E-state index in [0.717, 1.165) is 5.56 Å². The van der Waals surface area contributed by atoms with Gasteiger partial charge in [-0.3, -0.25) is 9.59 Å². The quantitative estimate of drug-likeness (QED) is 0.237. The minimum Gasteiger partial charge on any atom is -0.507 e. The van der Waals surface area contributed by atoms with E-state index in [2.05, 4.69) is 0 Å². The fourth-order valence-corrected chi connectivity index (χ4v) is 4.42. The van der Waals surface area contributed by atoms with Gasteiger partial charge in [0.15, 0.2) is 0 Å². The van der Waals surface area contributed by atoms with Gasteiger partial charge in [0.1, 0.15) is 23.0 Å². The second-order valence-electron chi connectivity index (χ2n) is 8.98. The lowest BCUT2D eigenvalue weighted by molar-refractivity contribution is -0.140. The number of hydrogen-bond acceptors (Lipinski definition) is 6. The molecule has 1 heterocycles. The number of ether oxygens (including phenoxy) is 3. The zero-order chi connectivity index (χ0) is 26.5. The van der Waals surface area contributed by atoms with Crippen molar-refractivity contribution in [1.82, 2.24) is 4.90 Å². The second kappa shape index (κ2) is 11.2. The summed E-state index contributed by atoms with van der Waals surface area (Å²) in [5.74, 6) is 0.234. The molecule has 7 heteroatoms. The Morgan fingerprint density at radius 1 is 0.946 bits per heavy atom.